The van der Waals surface area contributed by atoms with Gasteiger partial charge in [0.2, 0.25) is 0 Å². The number of halogens is 1. The quantitative estimate of drug-likeness (QED) is 0.852. The summed E-state index contributed by atoms with van der Waals surface area (Å²) >= 11 is 0. The van der Waals surface area contributed by atoms with Crippen LogP contribution in [0.25, 0.3) is 0 Å². The second-order valence-electron chi connectivity index (χ2n) is 5.99. The molecule has 0 heterocycles. The Labute approximate surface area is 108 Å². The Morgan fingerprint density at radius 2 is 1.67 bits per heavy atom. The zero-order valence-electron chi connectivity index (χ0n) is 11.0. The first-order chi connectivity index (χ1) is 8.45. The van der Waals surface area contributed by atoms with Crippen molar-refractivity contribution < 1.29 is 4.39 Å². The molecule has 0 aromatic heterocycles. The summed E-state index contributed by atoms with van der Waals surface area (Å²) in [5.41, 5.74) is 0.649. The van der Waals surface area contributed by atoms with E-state index in [0.717, 1.165) is 31.4 Å². The monoisotopic (exact) mass is 246 g/mol. The molecule has 0 unspecified atom stereocenters. The SMILES string of the molecule is CC1(C)CCC(C#N)(Nc2ccc(F)cc2)CC1. The fraction of sp³-hybridized carbons (Fsp3) is 0.533. The van der Waals surface area contributed by atoms with Crippen molar-refractivity contribution in [2.24, 2.45) is 5.41 Å². The van der Waals surface area contributed by atoms with E-state index in [2.05, 4.69) is 25.2 Å². The molecule has 0 saturated heterocycles. The van der Waals surface area contributed by atoms with E-state index in [9.17, 15) is 9.65 Å². The average Bonchev–Trinajstić information content (AvgIpc) is 2.35. The number of rotatable bonds is 2. The zero-order valence-corrected chi connectivity index (χ0v) is 11.0. The minimum absolute atomic E-state index is 0.253. The van der Waals surface area contributed by atoms with Gasteiger partial charge in [-0.15, -0.1) is 0 Å². The van der Waals surface area contributed by atoms with Gasteiger partial charge in [0.05, 0.1) is 6.07 Å². The van der Waals surface area contributed by atoms with E-state index < -0.39 is 5.54 Å². The van der Waals surface area contributed by atoms with Gasteiger partial charge in [0.25, 0.3) is 0 Å². The molecule has 2 nitrogen and oxygen atoms in total. The molecule has 0 amide bonds. The summed E-state index contributed by atoms with van der Waals surface area (Å²) in [4.78, 5) is 0. The van der Waals surface area contributed by atoms with Crippen molar-refractivity contribution in [2.75, 3.05) is 5.32 Å². The molecular formula is C15H19FN2. The van der Waals surface area contributed by atoms with Crippen LogP contribution >= 0.6 is 0 Å². The summed E-state index contributed by atoms with van der Waals surface area (Å²) in [7, 11) is 0. The molecule has 1 aromatic carbocycles. The van der Waals surface area contributed by atoms with Crippen molar-refractivity contribution in [2.45, 2.75) is 45.1 Å². The molecular weight excluding hydrogens is 227 g/mol. The van der Waals surface area contributed by atoms with Gasteiger partial charge in [-0.2, -0.15) is 5.26 Å². The van der Waals surface area contributed by atoms with Crippen molar-refractivity contribution in [3.05, 3.63) is 30.1 Å². The molecule has 96 valence electrons. The number of nitriles is 1. The van der Waals surface area contributed by atoms with Gasteiger partial charge in [0, 0.05) is 5.69 Å². The highest BCUT2D eigenvalue weighted by atomic mass is 19.1. The lowest BCUT2D eigenvalue weighted by Gasteiger charge is -2.40. The average molecular weight is 246 g/mol. The Bertz CT molecular complexity index is 446. The van der Waals surface area contributed by atoms with E-state index in [4.69, 9.17) is 0 Å². The molecule has 0 bridgehead atoms. The fourth-order valence-electron chi connectivity index (χ4n) is 2.43. The third-order valence-corrected chi connectivity index (χ3v) is 3.90. The lowest BCUT2D eigenvalue weighted by Crippen LogP contribution is -2.42. The van der Waals surface area contributed by atoms with Crippen molar-refractivity contribution in [1.29, 1.82) is 5.26 Å². The van der Waals surface area contributed by atoms with Crippen molar-refractivity contribution >= 4 is 5.69 Å². The van der Waals surface area contributed by atoms with Crippen LogP contribution in [0.1, 0.15) is 39.5 Å². The Hall–Kier alpha value is -1.56. The number of hydrogen-bond acceptors (Lipinski definition) is 2. The first-order valence-corrected chi connectivity index (χ1v) is 6.40. The predicted octanol–water partition coefficient (Wildman–Crippen LogP) is 4.10. The fourth-order valence-corrected chi connectivity index (χ4v) is 2.43. The largest absolute Gasteiger partial charge is 0.367 e. The van der Waals surface area contributed by atoms with E-state index in [-0.39, 0.29) is 5.82 Å². The Balaban J connectivity index is 2.11. The van der Waals surface area contributed by atoms with Gasteiger partial charge in [-0.3, -0.25) is 0 Å². The molecule has 1 saturated carbocycles. The number of benzene rings is 1. The van der Waals surface area contributed by atoms with E-state index in [1.807, 2.05) is 0 Å². The van der Waals surface area contributed by atoms with Crippen LogP contribution in [0.3, 0.4) is 0 Å². The minimum Gasteiger partial charge on any atom is -0.367 e. The number of nitrogens with one attached hydrogen (secondary N) is 1. The molecule has 0 radical (unpaired) electrons. The number of nitrogens with zero attached hydrogens (tertiary/aromatic N) is 1. The Morgan fingerprint density at radius 3 is 2.17 bits per heavy atom. The van der Waals surface area contributed by atoms with Crippen LogP contribution in [0.15, 0.2) is 24.3 Å². The normalized spacial score (nSPS) is 21.0. The summed E-state index contributed by atoms with van der Waals surface area (Å²) in [5, 5.41) is 12.7. The smallest absolute Gasteiger partial charge is 0.125 e. The molecule has 0 atom stereocenters. The van der Waals surface area contributed by atoms with Crippen molar-refractivity contribution in [1.82, 2.24) is 0 Å². The van der Waals surface area contributed by atoms with E-state index in [0.29, 0.717) is 5.41 Å². The van der Waals surface area contributed by atoms with Gasteiger partial charge in [0.15, 0.2) is 0 Å². The molecule has 3 heteroatoms. The van der Waals surface area contributed by atoms with Gasteiger partial charge in [0.1, 0.15) is 11.4 Å². The third-order valence-electron chi connectivity index (χ3n) is 3.90. The highest BCUT2D eigenvalue weighted by Gasteiger charge is 2.38. The van der Waals surface area contributed by atoms with E-state index >= 15 is 0 Å². The van der Waals surface area contributed by atoms with Gasteiger partial charge >= 0.3 is 0 Å². The van der Waals surface area contributed by atoms with Gasteiger partial charge in [-0.25, -0.2) is 4.39 Å². The van der Waals surface area contributed by atoms with Crippen LogP contribution < -0.4 is 5.32 Å². The van der Waals surface area contributed by atoms with Crippen LogP contribution in [-0.4, -0.2) is 5.54 Å². The third kappa shape index (κ3) is 2.81. The van der Waals surface area contributed by atoms with Gasteiger partial charge in [-0.1, -0.05) is 13.8 Å². The molecule has 18 heavy (non-hydrogen) atoms. The molecule has 1 fully saturated rings. The lowest BCUT2D eigenvalue weighted by molar-refractivity contribution is 0.206. The van der Waals surface area contributed by atoms with E-state index in [1.54, 1.807) is 12.1 Å². The molecule has 0 spiro atoms. The van der Waals surface area contributed by atoms with Crippen LogP contribution in [-0.2, 0) is 0 Å². The van der Waals surface area contributed by atoms with E-state index in [1.165, 1.54) is 12.1 Å². The number of anilines is 1. The topological polar surface area (TPSA) is 35.8 Å². The summed E-state index contributed by atoms with van der Waals surface area (Å²) in [6, 6.07) is 8.62. The van der Waals surface area contributed by atoms with Crippen LogP contribution in [0.4, 0.5) is 10.1 Å². The summed E-state index contributed by atoms with van der Waals surface area (Å²) in [5.74, 6) is -0.253. The molecule has 1 aromatic rings. The van der Waals surface area contributed by atoms with Crippen LogP contribution in [0.2, 0.25) is 0 Å². The van der Waals surface area contributed by atoms with Crippen molar-refractivity contribution in [3.63, 3.8) is 0 Å². The standard InChI is InChI=1S/C15H19FN2/c1-14(2)7-9-15(11-17,10-8-14)18-13-5-3-12(16)4-6-13/h3-6,18H,7-10H2,1-2H3. The Morgan fingerprint density at radius 1 is 1.11 bits per heavy atom. The second-order valence-corrected chi connectivity index (χ2v) is 5.99. The molecule has 1 N–H and O–H groups in total. The highest BCUT2D eigenvalue weighted by molar-refractivity contribution is 5.47. The lowest BCUT2D eigenvalue weighted by atomic mass is 9.70. The molecule has 2 rings (SSSR count). The van der Waals surface area contributed by atoms with Crippen molar-refractivity contribution in [3.8, 4) is 6.07 Å². The maximum atomic E-state index is 12.9. The first kappa shape index (κ1) is 12.9. The van der Waals surface area contributed by atoms with Crippen LogP contribution in [0, 0.1) is 22.6 Å². The maximum absolute atomic E-state index is 12.9. The highest BCUT2D eigenvalue weighted by Crippen LogP contribution is 2.41. The maximum Gasteiger partial charge on any atom is 0.125 e. The van der Waals surface area contributed by atoms with Crippen LogP contribution in [0.5, 0.6) is 0 Å². The summed E-state index contributed by atoms with van der Waals surface area (Å²) in [6.07, 6.45) is 3.76. The minimum atomic E-state index is -0.493. The first-order valence-electron chi connectivity index (χ1n) is 6.40. The molecule has 1 aliphatic carbocycles. The summed E-state index contributed by atoms with van der Waals surface area (Å²) < 4.78 is 12.9. The number of hydrogen-bond donors (Lipinski definition) is 1. The predicted molar refractivity (Wildman–Crippen MR) is 70.6 cm³/mol. The zero-order chi connectivity index (χ0) is 13.2. The van der Waals surface area contributed by atoms with Gasteiger partial charge in [-0.05, 0) is 55.4 Å². The van der Waals surface area contributed by atoms with Gasteiger partial charge < -0.3 is 5.32 Å². The summed E-state index contributed by atoms with van der Waals surface area (Å²) in [6.45, 7) is 4.48. The molecule has 0 aliphatic heterocycles. The second kappa shape index (κ2) is 4.61. The Kier molecular flexibility index (Phi) is 3.30. The molecule has 1 aliphatic rings.